The zero-order valence-electron chi connectivity index (χ0n) is 8.74. The number of aliphatic carboxylic acids is 1. The lowest BCUT2D eigenvalue weighted by atomic mass is 10.2. The van der Waals surface area contributed by atoms with E-state index in [4.69, 9.17) is 33.0 Å². The summed E-state index contributed by atoms with van der Waals surface area (Å²) in [7, 11) is 0. The number of alkyl halides is 1. The van der Waals surface area contributed by atoms with Crippen molar-refractivity contribution < 1.29 is 14.6 Å². The lowest BCUT2D eigenvalue weighted by Crippen LogP contribution is -2.26. The van der Waals surface area contributed by atoms with Gasteiger partial charge in [-0.2, -0.15) is 0 Å². The van der Waals surface area contributed by atoms with Crippen LogP contribution in [0.3, 0.4) is 0 Å². The highest BCUT2D eigenvalue weighted by atomic mass is 35.5. The Morgan fingerprint density at radius 3 is 2.75 bits per heavy atom. The molecular formula is C11H12Cl2O3. The van der Waals surface area contributed by atoms with E-state index in [2.05, 4.69) is 0 Å². The zero-order chi connectivity index (χ0) is 12.1. The maximum Gasteiger partial charge on any atom is 0.344 e. The summed E-state index contributed by atoms with van der Waals surface area (Å²) in [6.45, 7) is 1.75. The Morgan fingerprint density at radius 1 is 1.56 bits per heavy atom. The van der Waals surface area contributed by atoms with Gasteiger partial charge in [-0.25, -0.2) is 4.79 Å². The first-order chi connectivity index (χ1) is 7.58. The van der Waals surface area contributed by atoms with Crippen molar-refractivity contribution in [3.8, 4) is 5.75 Å². The van der Waals surface area contributed by atoms with Crippen LogP contribution in [0.2, 0.25) is 5.02 Å². The second-order valence-corrected chi connectivity index (χ2v) is 3.94. The number of rotatable bonds is 5. The molecule has 0 saturated carbocycles. The van der Waals surface area contributed by atoms with Gasteiger partial charge in [0.1, 0.15) is 5.75 Å². The van der Waals surface area contributed by atoms with Gasteiger partial charge in [-0.1, -0.05) is 18.5 Å². The highest BCUT2D eigenvalue weighted by Gasteiger charge is 2.18. The first-order valence-electron chi connectivity index (χ1n) is 4.82. The maximum absolute atomic E-state index is 10.8. The van der Waals surface area contributed by atoms with Crippen LogP contribution in [0.1, 0.15) is 18.9 Å². The molecule has 0 radical (unpaired) electrons. The Bertz CT molecular complexity index is 379. The fourth-order valence-corrected chi connectivity index (χ4v) is 1.63. The largest absolute Gasteiger partial charge is 0.479 e. The topological polar surface area (TPSA) is 46.5 Å². The van der Waals surface area contributed by atoms with Crippen LogP contribution in [0, 0.1) is 0 Å². The van der Waals surface area contributed by atoms with Gasteiger partial charge in [-0.3, -0.25) is 0 Å². The summed E-state index contributed by atoms with van der Waals surface area (Å²) in [6, 6.07) is 4.94. The van der Waals surface area contributed by atoms with E-state index in [0.717, 1.165) is 0 Å². The molecule has 0 bridgehead atoms. The van der Waals surface area contributed by atoms with Gasteiger partial charge in [0.2, 0.25) is 0 Å². The van der Waals surface area contributed by atoms with Gasteiger partial charge in [0.25, 0.3) is 0 Å². The van der Waals surface area contributed by atoms with Crippen LogP contribution in [0.4, 0.5) is 0 Å². The van der Waals surface area contributed by atoms with Crippen LogP contribution in [0.15, 0.2) is 18.2 Å². The van der Waals surface area contributed by atoms with Gasteiger partial charge < -0.3 is 9.84 Å². The van der Waals surface area contributed by atoms with Crippen LogP contribution in [-0.2, 0) is 10.7 Å². The molecule has 1 unspecified atom stereocenters. The van der Waals surface area contributed by atoms with Crippen LogP contribution in [0.5, 0.6) is 5.75 Å². The van der Waals surface area contributed by atoms with Crippen molar-refractivity contribution in [1.82, 2.24) is 0 Å². The molecule has 1 rings (SSSR count). The average molecular weight is 263 g/mol. The van der Waals surface area contributed by atoms with Gasteiger partial charge in [0.15, 0.2) is 6.10 Å². The molecule has 0 aliphatic carbocycles. The van der Waals surface area contributed by atoms with Crippen molar-refractivity contribution in [3.63, 3.8) is 0 Å². The predicted octanol–water partition coefficient (Wildman–Crippen LogP) is 3.32. The standard InChI is InChI=1S/C11H12Cl2O3/c1-2-9(11(14)15)16-10-4-3-8(13)5-7(10)6-12/h3-5,9H,2,6H2,1H3,(H,14,15). The molecule has 0 amide bonds. The van der Waals surface area contributed by atoms with Gasteiger partial charge in [0, 0.05) is 10.6 Å². The van der Waals surface area contributed by atoms with Crippen molar-refractivity contribution in [2.75, 3.05) is 0 Å². The number of hydrogen-bond donors (Lipinski definition) is 1. The molecule has 0 aliphatic rings. The molecule has 0 spiro atoms. The Morgan fingerprint density at radius 2 is 2.25 bits per heavy atom. The van der Waals surface area contributed by atoms with E-state index >= 15 is 0 Å². The fourth-order valence-electron chi connectivity index (χ4n) is 1.23. The lowest BCUT2D eigenvalue weighted by molar-refractivity contribution is -0.145. The molecule has 0 heterocycles. The monoisotopic (exact) mass is 262 g/mol. The Balaban J connectivity index is 2.91. The average Bonchev–Trinajstić information content (AvgIpc) is 2.26. The first-order valence-corrected chi connectivity index (χ1v) is 5.73. The van der Waals surface area contributed by atoms with Crippen molar-refractivity contribution in [3.05, 3.63) is 28.8 Å². The minimum atomic E-state index is -0.988. The fraction of sp³-hybridized carbons (Fsp3) is 0.364. The number of carbonyl (C=O) groups is 1. The van der Waals surface area contributed by atoms with E-state index in [0.29, 0.717) is 22.8 Å². The van der Waals surface area contributed by atoms with E-state index in [1.165, 1.54) is 0 Å². The predicted molar refractivity (Wildman–Crippen MR) is 63.4 cm³/mol. The maximum atomic E-state index is 10.8. The van der Waals surface area contributed by atoms with Gasteiger partial charge >= 0.3 is 5.97 Å². The molecule has 0 aliphatic heterocycles. The van der Waals surface area contributed by atoms with Crippen LogP contribution >= 0.6 is 23.2 Å². The molecule has 1 N–H and O–H groups in total. The number of hydrogen-bond acceptors (Lipinski definition) is 2. The Hall–Kier alpha value is -0.930. The second kappa shape index (κ2) is 5.97. The number of benzene rings is 1. The summed E-state index contributed by atoms with van der Waals surface area (Å²) in [6.07, 6.45) is -0.470. The third-order valence-corrected chi connectivity index (χ3v) is 2.60. The Labute approximate surface area is 104 Å². The zero-order valence-corrected chi connectivity index (χ0v) is 10.3. The SMILES string of the molecule is CCC(Oc1ccc(Cl)cc1CCl)C(=O)O. The smallest absolute Gasteiger partial charge is 0.344 e. The van der Waals surface area contributed by atoms with E-state index in [9.17, 15) is 4.79 Å². The summed E-state index contributed by atoms with van der Waals surface area (Å²) in [5, 5.41) is 9.42. The number of carboxylic acids is 1. The quantitative estimate of drug-likeness (QED) is 0.829. The third-order valence-electron chi connectivity index (χ3n) is 2.08. The highest BCUT2D eigenvalue weighted by molar-refractivity contribution is 6.30. The summed E-state index contributed by atoms with van der Waals surface area (Å²) in [5.74, 6) is -0.294. The Kier molecular flexibility index (Phi) is 4.90. The van der Waals surface area contributed by atoms with Crippen LogP contribution < -0.4 is 4.74 Å². The molecule has 3 nitrogen and oxygen atoms in total. The molecule has 1 aromatic carbocycles. The molecule has 88 valence electrons. The van der Waals surface area contributed by atoms with Crippen molar-refractivity contribution in [2.24, 2.45) is 0 Å². The van der Waals surface area contributed by atoms with Gasteiger partial charge in [0.05, 0.1) is 5.88 Å². The number of carboxylic acid groups (broad SMARTS) is 1. The highest BCUT2D eigenvalue weighted by Crippen LogP contribution is 2.25. The van der Waals surface area contributed by atoms with E-state index in [1.54, 1.807) is 25.1 Å². The summed E-state index contributed by atoms with van der Waals surface area (Å²) < 4.78 is 5.36. The normalized spacial score (nSPS) is 12.2. The minimum Gasteiger partial charge on any atom is -0.479 e. The van der Waals surface area contributed by atoms with E-state index in [-0.39, 0.29) is 5.88 Å². The molecular weight excluding hydrogens is 251 g/mol. The molecule has 1 atom stereocenters. The summed E-state index contributed by atoms with van der Waals surface area (Å²) in [4.78, 5) is 10.8. The number of ether oxygens (including phenoxy) is 1. The lowest BCUT2D eigenvalue weighted by Gasteiger charge is -2.15. The van der Waals surface area contributed by atoms with E-state index in [1.807, 2.05) is 0 Å². The van der Waals surface area contributed by atoms with Crippen LogP contribution in [-0.4, -0.2) is 17.2 Å². The van der Waals surface area contributed by atoms with Gasteiger partial charge in [-0.05, 0) is 24.6 Å². The molecule has 5 heteroatoms. The summed E-state index contributed by atoms with van der Waals surface area (Å²) >= 11 is 11.5. The molecule has 0 saturated heterocycles. The molecule has 16 heavy (non-hydrogen) atoms. The summed E-state index contributed by atoms with van der Waals surface area (Å²) in [5.41, 5.74) is 0.689. The van der Waals surface area contributed by atoms with Crippen molar-refractivity contribution >= 4 is 29.2 Å². The van der Waals surface area contributed by atoms with Crippen molar-refractivity contribution in [1.29, 1.82) is 0 Å². The van der Waals surface area contributed by atoms with E-state index < -0.39 is 12.1 Å². The molecule has 0 aromatic heterocycles. The van der Waals surface area contributed by atoms with Gasteiger partial charge in [-0.15, -0.1) is 11.6 Å². The second-order valence-electron chi connectivity index (χ2n) is 3.24. The molecule has 0 fully saturated rings. The number of halogens is 2. The van der Waals surface area contributed by atoms with Crippen molar-refractivity contribution in [2.45, 2.75) is 25.3 Å². The minimum absolute atomic E-state index is 0.228. The van der Waals surface area contributed by atoms with Crippen LogP contribution in [0.25, 0.3) is 0 Å². The first kappa shape index (κ1) is 13.1. The molecule has 1 aromatic rings. The third kappa shape index (κ3) is 3.29.